The first-order valence-corrected chi connectivity index (χ1v) is 5.43. The molecule has 0 fully saturated rings. The van der Waals surface area contributed by atoms with Gasteiger partial charge in [0.2, 0.25) is 0 Å². The van der Waals surface area contributed by atoms with Crippen molar-refractivity contribution in [2.75, 3.05) is 17.7 Å². The molecule has 0 unspecified atom stereocenters. The van der Waals surface area contributed by atoms with Gasteiger partial charge in [-0.25, -0.2) is 4.39 Å². The van der Waals surface area contributed by atoms with E-state index < -0.39 is 0 Å². The third-order valence-electron chi connectivity index (χ3n) is 2.69. The first kappa shape index (κ1) is 11.5. The average Bonchev–Trinajstić information content (AvgIpc) is 2.28. The van der Waals surface area contributed by atoms with Crippen LogP contribution in [0, 0.1) is 12.7 Å². The van der Waals surface area contributed by atoms with Crippen LogP contribution in [-0.4, -0.2) is 7.05 Å². The van der Waals surface area contributed by atoms with Gasteiger partial charge in [0.15, 0.2) is 0 Å². The molecule has 0 aliphatic rings. The third-order valence-corrected chi connectivity index (χ3v) is 2.69. The van der Waals surface area contributed by atoms with Gasteiger partial charge in [-0.3, -0.25) is 0 Å². The zero-order valence-corrected chi connectivity index (χ0v) is 9.94. The molecule has 2 rings (SSSR count). The fourth-order valence-corrected chi connectivity index (χ4v) is 1.80. The van der Waals surface area contributed by atoms with Crippen molar-refractivity contribution in [1.82, 2.24) is 0 Å². The second-order valence-electron chi connectivity index (χ2n) is 4.14. The fraction of sp³-hybridized carbons (Fsp3) is 0.143. The number of nitrogens with zero attached hydrogens (tertiary/aromatic N) is 1. The summed E-state index contributed by atoms with van der Waals surface area (Å²) in [4.78, 5) is 1.98. The van der Waals surface area contributed by atoms with Crippen LogP contribution < -0.4 is 10.6 Å². The number of aryl methyl sites for hydroxylation is 1. The quantitative estimate of drug-likeness (QED) is 0.800. The van der Waals surface area contributed by atoms with Gasteiger partial charge in [-0.15, -0.1) is 0 Å². The summed E-state index contributed by atoms with van der Waals surface area (Å²) >= 11 is 0. The Bertz CT molecular complexity index is 500. The van der Waals surface area contributed by atoms with Gasteiger partial charge in [0.25, 0.3) is 0 Å². The van der Waals surface area contributed by atoms with Gasteiger partial charge in [0.1, 0.15) is 5.82 Å². The van der Waals surface area contributed by atoms with Crippen LogP contribution in [0.1, 0.15) is 5.56 Å². The summed E-state index contributed by atoms with van der Waals surface area (Å²) in [6.07, 6.45) is 0. The fourth-order valence-electron chi connectivity index (χ4n) is 1.80. The first-order valence-electron chi connectivity index (χ1n) is 5.43. The SMILES string of the molecule is Cc1cc(N)cc(N(C)c2ccc(F)cc2)c1. The van der Waals surface area contributed by atoms with E-state index in [1.807, 2.05) is 37.1 Å². The molecule has 0 atom stereocenters. The first-order chi connectivity index (χ1) is 8.06. The minimum atomic E-state index is -0.231. The highest BCUT2D eigenvalue weighted by atomic mass is 19.1. The smallest absolute Gasteiger partial charge is 0.123 e. The molecule has 0 aliphatic heterocycles. The van der Waals surface area contributed by atoms with Gasteiger partial charge >= 0.3 is 0 Å². The lowest BCUT2D eigenvalue weighted by Crippen LogP contribution is -2.09. The second-order valence-corrected chi connectivity index (χ2v) is 4.14. The highest BCUT2D eigenvalue weighted by Crippen LogP contribution is 2.26. The summed E-state index contributed by atoms with van der Waals surface area (Å²) in [5.41, 5.74) is 9.57. The molecule has 0 radical (unpaired) electrons. The molecule has 0 bridgehead atoms. The summed E-state index contributed by atoms with van der Waals surface area (Å²) in [6.45, 7) is 2.00. The minimum absolute atomic E-state index is 0.231. The van der Waals surface area contributed by atoms with E-state index in [2.05, 4.69) is 0 Å². The number of rotatable bonds is 2. The maximum Gasteiger partial charge on any atom is 0.123 e. The van der Waals surface area contributed by atoms with Crippen LogP contribution >= 0.6 is 0 Å². The maximum atomic E-state index is 12.8. The predicted octanol–water partition coefficient (Wildman–Crippen LogP) is 3.48. The topological polar surface area (TPSA) is 29.3 Å². The monoisotopic (exact) mass is 230 g/mol. The molecule has 0 spiro atoms. The van der Waals surface area contributed by atoms with Crippen LogP contribution in [0.3, 0.4) is 0 Å². The van der Waals surface area contributed by atoms with Crippen molar-refractivity contribution in [1.29, 1.82) is 0 Å². The molecule has 2 N–H and O–H groups in total. The molecule has 2 aromatic rings. The van der Waals surface area contributed by atoms with E-state index in [0.29, 0.717) is 0 Å². The van der Waals surface area contributed by atoms with Crippen molar-refractivity contribution in [2.24, 2.45) is 0 Å². The Labute approximate surface area is 100 Å². The number of hydrogen-bond acceptors (Lipinski definition) is 2. The lowest BCUT2D eigenvalue weighted by molar-refractivity contribution is 0.628. The van der Waals surface area contributed by atoms with Crippen molar-refractivity contribution >= 4 is 17.1 Å². The van der Waals surface area contributed by atoms with Crippen molar-refractivity contribution in [3.63, 3.8) is 0 Å². The molecule has 0 saturated heterocycles. The van der Waals surface area contributed by atoms with Crippen LogP contribution in [0.4, 0.5) is 21.5 Å². The number of benzene rings is 2. The molecular formula is C14H15FN2. The minimum Gasteiger partial charge on any atom is -0.399 e. The van der Waals surface area contributed by atoms with Crippen molar-refractivity contribution < 1.29 is 4.39 Å². The summed E-state index contributed by atoms with van der Waals surface area (Å²) in [5, 5.41) is 0. The van der Waals surface area contributed by atoms with Crippen LogP contribution in [-0.2, 0) is 0 Å². The molecule has 0 heterocycles. The number of halogens is 1. The summed E-state index contributed by atoms with van der Waals surface area (Å²) in [5.74, 6) is -0.231. The molecule has 17 heavy (non-hydrogen) atoms. The average molecular weight is 230 g/mol. The Morgan fingerprint density at radius 3 is 2.24 bits per heavy atom. The normalized spacial score (nSPS) is 10.3. The van der Waals surface area contributed by atoms with E-state index in [4.69, 9.17) is 5.73 Å². The van der Waals surface area contributed by atoms with Gasteiger partial charge in [0.05, 0.1) is 0 Å². The van der Waals surface area contributed by atoms with Crippen LogP contribution in [0.15, 0.2) is 42.5 Å². The van der Waals surface area contributed by atoms with E-state index in [-0.39, 0.29) is 5.82 Å². The van der Waals surface area contributed by atoms with Crippen LogP contribution in [0.5, 0.6) is 0 Å². The lowest BCUT2D eigenvalue weighted by atomic mass is 10.1. The Balaban J connectivity index is 2.36. The van der Waals surface area contributed by atoms with Crippen molar-refractivity contribution in [2.45, 2.75) is 6.92 Å². The summed E-state index contributed by atoms with van der Waals surface area (Å²) in [6, 6.07) is 12.2. The molecule has 0 aromatic heterocycles. The standard InChI is InChI=1S/C14H15FN2/c1-10-7-12(16)9-14(8-10)17(2)13-5-3-11(15)4-6-13/h3-9H,16H2,1-2H3. The Hall–Kier alpha value is -2.03. The Morgan fingerprint density at radius 1 is 1.00 bits per heavy atom. The maximum absolute atomic E-state index is 12.8. The molecular weight excluding hydrogens is 215 g/mol. The Morgan fingerprint density at radius 2 is 1.65 bits per heavy atom. The summed E-state index contributed by atoms with van der Waals surface area (Å²) < 4.78 is 12.8. The van der Waals surface area contributed by atoms with Gasteiger partial charge in [-0.2, -0.15) is 0 Å². The molecule has 3 heteroatoms. The lowest BCUT2D eigenvalue weighted by Gasteiger charge is -2.20. The zero-order valence-electron chi connectivity index (χ0n) is 9.94. The van der Waals surface area contributed by atoms with Gasteiger partial charge in [-0.05, 0) is 55.0 Å². The molecule has 0 amide bonds. The van der Waals surface area contributed by atoms with Gasteiger partial charge in [0, 0.05) is 24.1 Å². The molecule has 0 saturated carbocycles. The van der Waals surface area contributed by atoms with Gasteiger partial charge in [-0.1, -0.05) is 0 Å². The Kier molecular flexibility index (Phi) is 3.00. The van der Waals surface area contributed by atoms with E-state index in [9.17, 15) is 4.39 Å². The van der Waals surface area contributed by atoms with Crippen molar-refractivity contribution in [3.05, 3.63) is 53.8 Å². The van der Waals surface area contributed by atoms with E-state index >= 15 is 0 Å². The number of anilines is 3. The predicted molar refractivity (Wildman–Crippen MR) is 70.1 cm³/mol. The van der Waals surface area contributed by atoms with Crippen molar-refractivity contribution in [3.8, 4) is 0 Å². The highest BCUT2D eigenvalue weighted by molar-refractivity contribution is 5.66. The largest absolute Gasteiger partial charge is 0.399 e. The second kappa shape index (κ2) is 4.45. The number of nitrogens with two attached hydrogens (primary N) is 1. The number of hydrogen-bond donors (Lipinski definition) is 1. The molecule has 2 aromatic carbocycles. The number of nitrogen functional groups attached to an aromatic ring is 1. The van der Waals surface area contributed by atoms with Crippen LogP contribution in [0.25, 0.3) is 0 Å². The third kappa shape index (κ3) is 2.56. The van der Waals surface area contributed by atoms with E-state index in [1.54, 1.807) is 12.1 Å². The van der Waals surface area contributed by atoms with Crippen LogP contribution in [0.2, 0.25) is 0 Å². The van der Waals surface area contributed by atoms with E-state index in [0.717, 1.165) is 22.6 Å². The molecule has 2 nitrogen and oxygen atoms in total. The van der Waals surface area contributed by atoms with E-state index in [1.165, 1.54) is 12.1 Å². The molecule has 0 aliphatic carbocycles. The summed E-state index contributed by atoms with van der Waals surface area (Å²) in [7, 11) is 1.93. The molecule has 88 valence electrons. The zero-order chi connectivity index (χ0) is 12.4. The van der Waals surface area contributed by atoms with Gasteiger partial charge < -0.3 is 10.6 Å². The highest BCUT2D eigenvalue weighted by Gasteiger charge is 2.05.